The highest BCUT2D eigenvalue weighted by atomic mass is 79.9. The molecule has 2 atom stereocenters. The molecule has 2 aromatic rings. The van der Waals surface area contributed by atoms with Crippen LogP contribution < -0.4 is 9.64 Å². The van der Waals surface area contributed by atoms with Crippen LogP contribution in [0, 0.1) is 5.82 Å². The molecule has 2 aliphatic heterocycles. The first kappa shape index (κ1) is 21.7. The van der Waals surface area contributed by atoms with Gasteiger partial charge in [0.1, 0.15) is 16.9 Å². The van der Waals surface area contributed by atoms with Gasteiger partial charge in [-0.15, -0.1) is 0 Å². The molecule has 2 fully saturated rings. The van der Waals surface area contributed by atoms with E-state index in [9.17, 15) is 14.0 Å². The summed E-state index contributed by atoms with van der Waals surface area (Å²) in [4.78, 5) is 36.6. The molecular weight excluding hydrogens is 471 g/mol. The Labute approximate surface area is 187 Å². The number of anilines is 1. The topological polar surface area (TPSA) is 84.9 Å². The standard InChI is InChI=1S/C21H24BrFN4O4/c1-21(2,3)31-20(29)27-12-5-6-13(27)9-26(8-12)18-14-7-11(10-28)15(22)16(23)17(14)24-19(25-18)30-4/h7,10,12-13H,5-6,8-9H2,1-4H3. The average Bonchev–Trinajstić information content (AvgIpc) is 2.98. The normalized spacial score (nSPS) is 20.8. The summed E-state index contributed by atoms with van der Waals surface area (Å²) in [6, 6.07) is 1.52. The molecule has 2 aliphatic rings. The Hall–Kier alpha value is -2.49. The summed E-state index contributed by atoms with van der Waals surface area (Å²) >= 11 is 3.13. The number of halogens is 2. The highest BCUT2D eigenvalue weighted by Gasteiger charge is 2.45. The van der Waals surface area contributed by atoms with Gasteiger partial charge in [0, 0.05) is 24.0 Å². The van der Waals surface area contributed by atoms with E-state index in [1.165, 1.54) is 7.11 Å². The average molecular weight is 495 g/mol. The van der Waals surface area contributed by atoms with Crippen LogP contribution in [0.3, 0.4) is 0 Å². The van der Waals surface area contributed by atoms with Crippen molar-refractivity contribution in [1.29, 1.82) is 0 Å². The van der Waals surface area contributed by atoms with Gasteiger partial charge in [0.2, 0.25) is 0 Å². The first-order valence-corrected chi connectivity index (χ1v) is 10.9. The molecule has 8 nitrogen and oxygen atoms in total. The third kappa shape index (κ3) is 3.93. The molecule has 2 bridgehead atoms. The maximum absolute atomic E-state index is 15.0. The zero-order valence-electron chi connectivity index (χ0n) is 17.8. The Morgan fingerprint density at radius 2 is 1.90 bits per heavy atom. The lowest BCUT2D eigenvalue weighted by molar-refractivity contribution is 0.0122. The van der Waals surface area contributed by atoms with Crippen LogP contribution in [-0.4, -0.2) is 65.1 Å². The molecule has 0 spiro atoms. The third-order valence-corrected chi connectivity index (χ3v) is 6.36. The van der Waals surface area contributed by atoms with Gasteiger partial charge in [0.15, 0.2) is 12.1 Å². The number of rotatable bonds is 3. The number of aldehydes is 1. The number of carbonyl (C=O) groups excluding carboxylic acids is 2. The predicted octanol–water partition coefficient (Wildman–Crippen LogP) is 3.94. The Kier molecular flexibility index (Phi) is 5.53. The van der Waals surface area contributed by atoms with Crippen LogP contribution in [0.5, 0.6) is 6.01 Å². The molecule has 1 aromatic heterocycles. The van der Waals surface area contributed by atoms with Gasteiger partial charge in [-0.3, -0.25) is 9.69 Å². The Morgan fingerprint density at radius 3 is 2.45 bits per heavy atom. The molecular formula is C21H24BrFN4O4. The maximum Gasteiger partial charge on any atom is 0.410 e. The van der Waals surface area contributed by atoms with Crippen molar-refractivity contribution < 1.29 is 23.5 Å². The fourth-order valence-electron chi connectivity index (χ4n) is 4.29. The quantitative estimate of drug-likeness (QED) is 0.597. The van der Waals surface area contributed by atoms with Gasteiger partial charge >= 0.3 is 12.1 Å². The number of benzene rings is 1. The van der Waals surface area contributed by atoms with Gasteiger partial charge < -0.3 is 14.4 Å². The predicted molar refractivity (Wildman–Crippen MR) is 116 cm³/mol. The highest BCUT2D eigenvalue weighted by molar-refractivity contribution is 9.10. The minimum Gasteiger partial charge on any atom is -0.467 e. The second-order valence-corrected chi connectivity index (χ2v) is 9.61. The summed E-state index contributed by atoms with van der Waals surface area (Å²) in [5.74, 6) is -0.158. The monoisotopic (exact) mass is 494 g/mol. The fourth-order valence-corrected chi connectivity index (χ4v) is 4.69. The molecule has 10 heteroatoms. The first-order chi connectivity index (χ1) is 14.6. The molecule has 1 aromatic carbocycles. The smallest absolute Gasteiger partial charge is 0.410 e. The summed E-state index contributed by atoms with van der Waals surface area (Å²) in [5.41, 5.74) is -0.323. The van der Waals surface area contributed by atoms with E-state index in [1.54, 1.807) is 6.07 Å². The minimum atomic E-state index is -0.642. The number of hydrogen-bond donors (Lipinski definition) is 0. The Balaban J connectivity index is 1.73. The van der Waals surface area contributed by atoms with E-state index in [1.807, 2.05) is 30.6 Å². The van der Waals surface area contributed by atoms with Gasteiger partial charge in [-0.25, -0.2) is 9.18 Å². The zero-order valence-corrected chi connectivity index (χ0v) is 19.4. The zero-order chi connectivity index (χ0) is 22.5. The fraction of sp³-hybridized carbons (Fsp3) is 0.524. The van der Waals surface area contributed by atoms with Crippen LogP contribution in [-0.2, 0) is 4.74 Å². The van der Waals surface area contributed by atoms with Gasteiger partial charge in [-0.2, -0.15) is 9.97 Å². The summed E-state index contributed by atoms with van der Waals surface area (Å²) in [6.45, 7) is 6.57. The van der Waals surface area contributed by atoms with E-state index < -0.39 is 11.4 Å². The number of piperazine rings is 1. The Morgan fingerprint density at radius 1 is 1.26 bits per heavy atom. The first-order valence-electron chi connectivity index (χ1n) is 10.1. The third-order valence-electron chi connectivity index (χ3n) is 5.55. The van der Waals surface area contributed by atoms with E-state index in [0.29, 0.717) is 30.6 Å². The van der Waals surface area contributed by atoms with E-state index in [-0.39, 0.29) is 39.7 Å². The molecule has 0 radical (unpaired) electrons. The lowest BCUT2D eigenvalue weighted by Gasteiger charge is -2.42. The molecule has 166 valence electrons. The molecule has 2 saturated heterocycles. The van der Waals surface area contributed by atoms with E-state index in [4.69, 9.17) is 9.47 Å². The number of fused-ring (bicyclic) bond motifs is 3. The molecule has 4 rings (SSSR count). The number of aromatic nitrogens is 2. The van der Waals surface area contributed by atoms with Gasteiger partial charge in [-0.1, -0.05) is 0 Å². The van der Waals surface area contributed by atoms with E-state index >= 15 is 0 Å². The van der Waals surface area contributed by atoms with E-state index in [0.717, 1.165) is 12.8 Å². The Bertz CT molecular complexity index is 1040. The van der Waals surface area contributed by atoms with Gasteiger partial charge in [0.05, 0.1) is 23.7 Å². The van der Waals surface area contributed by atoms with Crippen molar-refractivity contribution in [2.45, 2.75) is 51.3 Å². The lowest BCUT2D eigenvalue weighted by Crippen LogP contribution is -2.57. The maximum atomic E-state index is 15.0. The molecule has 3 heterocycles. The number of hydrogen-bond acceptors (Lipinski definition) is 7. The molecule has 0 saturated carbocycles. The summed E-state index contributed by atoms with van der Waals surface area (Å²) in [7, 11) is 1.42. The minimum absolute atomic E-state index is 0.0362. The van der Waals surface area contributed by atoms with Crippen molar-refractivity contribution in [1.82, 2.24) is 14.9 Å². The summed E-state index contributed by atoms with van der Waals surface area (Å²) in [5, 5.41) is 0.425. The number of nitrogens with zero attached hydrogens (tertiary/aromatic N) is 4. The summed E-state index contributed by atoms with van der Waals surface area (Å²) in [6.07, 6.45) is 1.97. The van der Waals surface area contributed by atoms with Crippen molar-refractivity contribution in [2.75, 3.05) is 25.1 Å². The van der Waals surface area contributed by atoms with Crippen LogP contribution in [0.4, 0.5) is 15.0 Å². The van der Waals surface area contributed by atoms with Crippen LogP contribution in [0.2, 0.25) is 0 Å². The molecule has 31 heavy (non-hydrogen) atoms. The molecule has 0 aliphatic carbocycles. The highest BCUT2D eigenvalue weighted by Crippen LogP contribution is 2.38. The lowest BCUT2D eigenvalue weighted by atomic mass is 10.1. The number of ether oxygens (including phenoxy) is 2. The van der Waals surface area contributed by atoms with Gasteiger partial charge in [0.25, 0.3) is 0 Å². The SMILES string of the molecule is COc1nc(N2CC3CCC(C2)N3C(=O)OC(C)(C)C)c2cc(C=O)c(Br)c(F)c2n1. The number of amides is 1. The van der Waals surface area contributed by atoms with Crippen LogP contribution in [0.1, 0.15) is 44.0 Å². The van der Waals surface area contributed by atoms with Gasteiger partial charge in [-0.05, 0) is 55.6 Å². The molecule has 1 amide bonds. The van der Waals surface area contributed by atoms with Crippen molar-refractivity contribution in [3.8, 4) is 6.01 Å². The molecule has 0 N–H and O–H groups in total. The molecule has 2 unspecified atom stereocenters. The van der Waals surface area contributed by atoms with E-state index in [2.05, 4.69) is 25.9 Å². The van der Waals surface area contributed by atoms with Crippen molar-refractivity contribution >= 4 is 45.0 Å². The van der Waals surface area contributed by atoms with Crippen molar-refractivity contribution in [2.24, 2.45) is 0 Å². The van der Waals surface area contributed by atoms with Crippen molar-refractivity contribution in [3.63, 3.8) is 0 Å². The number of methoxy groups -OCH3 is 1. The second kappa shape index (κ2) is 7.89. The largest absolute Gasteiger partial charge is 0.467 e. The summed E-state index contributed by atoms with van der Waals surface area (Å²) < 4.78 is 25.8. The second-order valence-electron chi connectivity index (χ2n) is 8.82. The van der Waals surface area contributed by atoms with Crippen LogP contribution in [0.15, 0.2) is 10.5 Å². The number of carbonyl (C=O) groups is 2. The van der Waals surface area contributed by atoms with Crippen LogP contribution in [0.25, 0.3) is 10.9 Å². The van der Waals surface area contributed by atoms with Crippen LogP contribution >= 0.6 is 15.9 Å². The van der Waals surface area contributed by atoms with Crippen molar-refractivity contribution in [3.05, 3.63) is 21.9 Å².